The van der Waals surface area contributed by atoms with Crippen LogP contribution in [-0.2, 0) is 23.9 Å². The lowest BCUT2D eigenvalue weighted by Crippen LogP contribution is -2.64. The van der Waals surface area contributed by atoms with Crippen molar-refractivity contribution in [2.45, 2.75) is 90.8 Å². The van der Waals surface area contributed by atoms with Crippen molar-refractivity contribution in [2.24, 2.45) is 39.9 Å². The summed E-state index contributed by atoms with van der Waals surface area (Å²) in [6.07, 6.45) is 4.05. The molecule has 0 aromatic rings. The van der Waals surface area contributed by atoms with E-state index in [1.807, 2.05) is 0 Å². The van der Waals surface area contributed by atoms with E-state index in [1.165, 1.54) is 6.92 Å². The summed E-state index contributed by atoms with van der Waals surface area (Å²) >= 11 is 0. The summed E-state index contributed by atoms with van der Waals surface area (Å²) in [5.41, 5.74) is -3.30. The van der Waals surface area contributed by atoms with E-state index >= 15 is 0 Å². The molecule has 192 valence electrons. The summed E-state index contributed by atoms with van der Waals surface area (Å²) in [7, 11) is 0. The molecule has 0 heterocycles. The summed E-state index contributed by atoms with van der Waals surface area (Å²) in [4.78, 5) is 36.3. The SMILES string of the molecule is CC(=O)OC[C@@]1(C(=O)O)CCC[C@]2(C)[C@@H]1C[C@H](O)[C@@]13C[C@@H](CC[C@@H]21)[C@@](O)(COC(=O)C(C)C)C3. The fraction of sp³-hybridized carbons (Fsp3) is 0.885. The number of carbonyl (C=O) groups excluding carboxylic acids is 2. The predicted octanol–water partition coefficient (Wildman–Crippen LogP) is 2.93. The first-order valence-corrected chi connectivity index (χ1v) is 12.7. The van der Waals surface area contributed by atoms with E-state index in [1.54, 1.807) is 13.8 Å². The van der Waals surface area contributed by atoms with E-state index in [0.29, 0.717) is 32.1 Å². The summed E-state index contributed by atoms with van der Waals surface area (Å²) in [5, 5.41) is 33.6. The van der Waals surface area contributed by atoms with Crippen LogP contribution in [0.5, 0.6) is 0 Å². The van der Waals surface area contributed by atoms with Crippen LogP contribution in [0.1, 0.15) is 79.1 Å². The average molecular weight is 481 g/mol. The minimum Gasteiger partial charge on any atom is -0.481 e. The fourth-order valence-corrected chi connectivity index (χ4v) is 8.59. The monoisotopic (exact) mass is 480 g/mol. The van der Waals surface area contributed by atoms with Gasteiger partial charge in [-0.1, -0.05) is 27.2 Å². The number of carboxylic acid groups (broad SMARTS) is 1. The molecule has 0 saturated heterocycles. The molecular weight excluding hydrogens is 440 g/mol. The Morgan fingerprint density at radius 1 is 1.06 bits per heavy atom. The average Bonchev–Trinajstić information content (AvgIpc) is 2.98. The van der Waals surface area contributed by atoms with Gasteiger partial charge in [-0.3, -0.25) is 14.4 Å². The van der Waals surface area contributed by atoms with Crippen molar-refractivity contribution in [3.05, 3.63) is 0 Å². The number of esters is 2. The van der Waals surface area contributed by atoms with Crippen molar-refractivity contribution in [1.82, 2.24) is 0 Å². The number of aliphatic hydroxyl groups is 2. The quantitative estimate of drug-likeness (QED) is 0.495. The third kappa shape index (κ3) is 3.67. The number of aliphatic carboxylic acids is 1. The Balaban J connectivity index is 1.66. The second-order valence-corrected chi connectivity index (χ2v) is 12.2. The van der Waals surface area contributed by atoms with Crippen molar-refractivity contribution in [3.63, 3.8) is 0 Å². The molecule has 2 bridgehead atoms. The number of aliphatic hydroxyl groups excluding tert-OH is 1. The van der Waals surface area contributed by atoms with E-state index in [2.05, 4.69) is 6.92 Å². The number of hydrogen-bond acceptors (Lipinski definition) is 7. The molecule has 4 rings (SSSR count). The van der Waals surface area contributed by atoms with E-state index < -0.39 is 34.5 Å². The molecule has 4 fully saturated rings. The number of carboxylic acids is 1. The minimum absolute atomic E-state index is 0.0381. The number of ether oxygens (including phenoxy) is 2. The third-order valence-corrected chi connectivity index (χ3v) is 10.1. The lowest BCUT2D eigenvalue weighted by atomic mass is 9.40. The highest BCUT2D eigenvalue weighted by Crippen LogP contribution is 2.73. The summed E-state index contributed by atoms with van der Waals surface area (Å²) in [6, 6.07) is 0. The van der Waals surface area contributed by atoms with Gasteiger partial charge in [-0.25, -0.2) is 0 Å². The third-order valence-electron chi connectivity index (χ3n) is 10.1. The lowest BCUT2D eigenvalue weighted by molar-refractivity contribution is -0.220. The Labute approximate surface area is 201 Å². The van der Waals surface area contributed by atoms with Crippen molar-refractivity contribution in [2.75, 3.05) is 13.2 Å². The predicted molar refractivity (Wildman–Crippen MR) is 121 cm³/mol. The van der Waals surface area contributed by atoms with Gasteiger partial charge in [0, 0.05) is 12.3 Å². The van der Waals surface area contributed by atoms with Gasteiger partial charge < -0.3 is 24.8 Å². The molecule has 0 unspecified atom stereocenters. The Bertz CT molecular complexity index is 856. The molecule has 0 aromatic carbocycles. The van der Waals surface area contributed by atoms with Crippen molar-refractivity contribution in [3.8, 4) is 0 Å². The molecule has 4 saturated carbocycles. The van der Waals surface area contributed by atoms with E-state index in [9.17, 15) is 29.7 Å². The van der Waals surface area contributed by atoms with Crippen LogP contribution in [0.3, 0.4) is 0 Å². The van der Waals surface area contributed by atoms with Gasteiger partial charge >= 0.3 is 17.9 Å². The molecule has 0 aliphatic heterocycles. The molecular formula is C26H40O8. The first-order valence-electron chi connectivity index (χ1n) is 12.7. The van der Waals surface area contributed by atoms with Gasteiger partial charge in [-0.2, -0.15) is 0 Å². The largest absolute Gasteiger partial charge is 0.481 e. The molecule has 4 aliphatic rings. The van der Waals surface area contributed by atoms with Gasteiger partial charge in [0.05, 0.1) is 12.0 Å². The van der Waals surface area contributed by atoms with Gasteiger partial charge in [0.1, 0.15) is 24.2 Å². The summed E-state index contributed by atoms with van der Waals surface area (Å²) in [5.74, 6) is -2.45. The second-order valence-electron chi connectivity index (χ2n) is 12.2. The van der Waals surface area contributed by atoms with Crippen LogP contribution in [0.4, 0.5) is 0 Å². The van der Waals surface area contributed by atoms with E-state index in [-0.39, 0.29) is 48.3 Å². The Kier molecular flexibility index (Phi) is 6.33. The first kappa shape index (κ1) is 25.4. The zero-order chi connectivity index (χ0) is 25.1. The van der Waals surface area contributed by atoms with Gasteiger partial charge in [-0.05, 0) is 68.1 Å². The van der Waals surface area contributed by atoms with Crippen LogP contribution in [0.25, 0.3) is 0 Å². The molecule has 8 atom stereocenters. The Morgan fingerprint density at radius 2 is 1.76 bits per heavy atom. The summed E-state index contributed by atoms with van der Waals surface area (Å²) in [6.45, 7) is 6.71. The van der Waals surface area contributed by atoms with E-state index in [0.717, 1.165) is 19.3 Å². The van der Waals surface area contributed by atoms with E-state index in [4.69, 9.17) is 9.47 Å². The molecule has 8 nitrogen and oxygen atoms in total. The molecule has 8 heteroatoms. The molecule has 3 N–H and O–H groups in total. The molecule has 0 radical (unpaired) electrons. The van der Waals surface area contributed by atoms with Crippen LogP contribution in [0, 0.1) is 39.9 Å². The van der Waals surface area contributed by atoms with Crippen molar-refractivity contribution < 1.29 is 39.2 Å². The van der Waals surface area contributed by atoms with Crippen LogP contribution in [-0.4, -0.2) is 58.1 Å². The maximum Gasteiger partial charge on any atom is 0.313 e. The number of carbonyl (C=O) groups is 3. The first-order chi connectivity index (χ1) is 15.8. The highest BCUT2D eigenvalue weighted by molar-refractivity contribution is 5.76. The topological polar surface area (TPSA) is 130 Å². The van der Waals surface area contributed by atoms with Crippen molar-refractivity contribution in [1.29, 1.82) is 0 Å². The van der Waals surface area contributed by atoms with Crippen LogP contribution < -0.4 is 0 Å². The lowest BCUT2D eigenvalue weighted by Gasteiger charge is -2.65. The highest BCUT2D eigenvalue weighted by Gasteiger charge is 2.72. The van der Waals surface area contributed by atoms with Gasteiger partial charge in [0.15, 0.2) is 0 Å². The Morgan fingerprint density at radius 3 is 2.38 bits per heavy atom. The normalized spacial score (nSPS) is 45.3. The fourth-order valence-electron chi connectivity index (χ4n) is 8.59. The highest BCUT2D eigenvalue weighted by atomic mass is 16.5. The second kappa shape index (κ2) is 8.47. The molecule has 1 spiro atoms. The molecule has 0 aromatic heterocycles. The van der Waals surface area contributed by atoms with Crippen LogP contribution in [0.2, 0.25) is 0 Å². The number of rotatable bonds is 6. The number of hydrogen-bond donors (Lipinski definition) is 3. The maximum atomic E-state index is 12.7. The molecule has 34 heavy (non-hydrogen) atoms. The van der Waals surface area contributed by atoms with Gasteiger partial charge in [-0.15, -0.1) is 0 Å². The zero-order valence-electron chi connectivity index (χ0n) is 20.8. The van der Waals surface area contributed by atoms with Crippen LogP contribution in [0.15, 0.2) is 0 Å². The molecule has 0 amide bonds. The summed E-state index contributed by atoms with van der Waals surface area (Å²) < 4.78 is 10.8. The smallest absolute Gasteiger partial charge is 0.313 e. The molecule has 4 aliphatic carbocycles. The van der Waals surface area contributed by atoms with Gasteiger partial charge in [0.25, 0.3) is 0 Å². The van der Waals surface area contributed by atoms with Gasteiger partial charge in [0.2, 0.25) is 0 Å². The maximum absolute atomic E-state index is 12.7. The number of fused-ring (bicyclic) bond motifs is 3. The van der Waals surface area contributed by atoms with Crippen LogP contribution >= 0.6 is 0 Å². The van der Waals surface area contributed by atoms with Crippen molar-refractivity contribution >= 4 is 17.9 Å². The minimum atomic E-state index is -1.22. The zero-order valence-corrected chi connectivity index (χ0v) is 20.8. The standard InChI is InChI=1S/C26H40O8/c1-15(2)21(29)34-14-26(32)12-25-11-17(26)6-7-18(25)23(4)8-5-9-24(22(30)31,13-33-16(3)27)19(23)10-20(25)28/h15,17-20,28,32H,5-14H2,1-4H3,(H,30,31)/t17-,18+,19+,20+,23+,24+,25-,26+/m1/s1. The Hall–Kier alpha value is -1.67.